The number of carbonyl (C=O) groups is 3. The van der Waals surface area contributed by atoms with Gasteiger partial charge in [-0.1, -0.05) is 30.3 Å². The van der Waals surface area contributed by atoms with Crippen molar-refractivity contribution in [2.75, 3.05) is 57.6 Å². The molecule has 5 rings (SSSR count). The summed E-state index contributed by atoms with van der Waals surface area (Å²) in [5.41, 5.74) is 0.491. The van der Waals surface area contributed by atoms with E-state index in [0.717, 1.165) is 26.2 Å². The van der Waals surface area contributed by atoms with Gasteiger partial charge >= 0.3 is 0 Å². The minimum absolute atomic E-state index is 0.0337. The molecule has 2 heterocycles. The Balaban J connectivity index is 1.11. The highest BCUT2D eigenvalue weighted by Gasteiger charge is 2.31. The molecule has 3 amide bonds. The zero-order valence-corrected chi connectivity index (χ0v) is 25.5. The summed E-state index contributed by atoms with van der Waals surface area (Å²) in [6.07, 6.45) is 1.22. The number of hydrogen-bond donors (Lipinski definition) is 2. The zero-order valence-electron chi connectivity index (χ0n) is 24.6. The van der Waals surface area contributed by atoms with Gasteiger partial charge in [0.15, 0.2) is 5.75 Å². The second kappa shape index (κ2) is 13.9. The predicted molar refractivity (Wildman–Crippen MR) is 166 cm³/mol. The predicted octanol–water partition coefficient (Wildman–Crippen LogP) is 3.02. The maximum Gasteiger partial charge on any atom is 0.262 e. The summed E-state index contributed by atoms with van der Waals surface area (Å²) >= 11 is 0. The van der Waals surface area contributed by atoms with Crippen LogP contribution in [0.2, 0.25) is 0 Å². The Kier molecular flexibility index (Phi) is 9.81. The zero-order chi connectivity index (χ0) is 31.1. The van der Waals surface area contributed by atoms with E-state index in [2.05, 4.69) is 14.9 Å². The number of ether oxygens (including phenoxy) is 1. The van der Waals surface area contributed by atoms with Crippen molar-refractivity contribution in [3.05, 3.63) is 84.4 Å². The smallest absolute Gasteiger partial charge is 0.262 e. The molecular weight excluding hydrogens is 582 g/mol. The highest BCUT2D eigenvalue weighted by Crippen LogP contribution is 2.31. The van der Waals surface area contributed by atoms with Crippen LogP contribution in [0.15, 0.2) is 83.8 Å². The molecule has 44 heavy (non-hydrogen) atoms. The van der Waals surface area contributed by atoms with E-state index in [1.165, 1.54) is 24.3 Å². The van der Waals surface area contributed by atoms with Crippen molar-refractivity contribution in [2.45, 2.75) is 17.7 Å². The lowest BCUT2D eigenvalue weighted by Crippen LogP contribution is -2.51. The lowest BCUT2D eigenvalue weighted by atomic mass is 9.95. The van der Waals surface area contributed by atoms with Gasteiger partial charge in [-0.3, -0.25) is 19.1 Å². The minimum atomic E-state index is -3.98. The van der Waals surface area contributed by atoms with Gasteiger partial charge < -0.3 is 24.8 Å². The van der Waals surface area contributed by atoms with E-state index in [-0.39, 0.29) is 40.4 Å². The van der Waals surface area contributed by atoms with Crippen LogP contribution < -0.4 is 14.8 Å². The second-order valence-corrected chi connectivity index (χ2v) is 12.7. The van der Waals surface area contributed by atoms with Crippen LogP contribution in [0.3, 0.4) is 0 Å². The Hall–Kier alpha value is -4.42. The first-order valence-electron chi connectivity index (χ1n) is 14.7. The van der Waals surface area contributed by atoms with Crippen LogP contribution in [0.5, 0.6) is 11.5 Å². The molecule has 0 aliphatic carbocycles. The van der Waals surface area contributed by atoms with E-state index in [1.807, 2.05) is 30.1 Å². The SMILES string of the molecule is CN1CCN(C(=O)C2CCN(C(=O)CNC(=O)c3ccc(S(=O)(=O)Nc4ccccc4Oc4ccccc4)cc3)CC2)CC1. The maximum absolute atomic E-state index is 13.1. The molecule has 0 spiro atoms. The van der Waals surface area contributed by atoms with Crippen molar-refractivity contribution in [1.82, 2.24) is 20.0 Å². The Bertz CT molecular complexity index is 1570. The number of benzene rings is 3. The second-order valence-electron chi connectivity index (χ2n) is 11.0. The lowest BCUT2D eigenvalue weighted by molar-refractivity contribution is -0.141. The largest absolute Gasteiger partial charge is 0.455 e. The lowest BCUT2D eigenvalue weighted by Gasteiger charge is -2.37. The van der Waals surface area contributed by atoms with E-state index < -0.39 is 15.9 Å². The third-order valence-electron chi connectivity index (χ3n) is 7.94. The number of hydrogen-bond acceptors (Lipinski definition) is 7. The Morgan fingerprint density at radius 2 is 1.43 bits per heavy atom. The molecule has 12 heteroatoms. The number of likely N-dealkylation sites (tertiary alicyclic amines) is 1. The van der Waals surface area contributed by atoms with Crippen molar-refractivity contribution in [2.24, 2.45) is 5.92 Å². The van der Waals surface area contributed by atoms with Crippen LogP contribution in [-0.4, -0.2) is 93.7 Å². The molecule has 2 saturated heterocycles. The van der Waals surface area contributed by atoms with Crippen LogP contribution in [0.1, 0.15) is 23.2 Å². The first kappa shape index (κ1) is 31.0. The molecule has 3 aromatic carbocycles. The topological polar surface area (TPSA) is 128 Å². The number of amides is 3. The average molecular weight is 620 g/mol. The summed E-state index contributed by atoms with van der Waals surface area (Å²) in [5.74, 6) is 0.290. The average Bonchev–Trinajstić information content (AvgIpc) is 3.05. The van der Waals surface area contributed by atoms with Crippen molar-refractivity contribution in [3.63, 3.8) is 0 Å². The van der Waals surface area contributed by atoms with Gasteiger partial charge in [-0.05, 0) is 68.4 Å². The summed E-state index contributed by atoms with van der Waals surface area (Å²) in [5, 5.41) is 2.62. The molecule has 11 nitrogen and oxygen atoms in total. The van der Waals surface area contributed by atoms with E-state index in [4.69, 9.17) is 4.74 Å². The Morgan fingerprint density at radius 3 is 2.11 bits per heavy atom. The summed E-state index contributed by atoms with van der Waals surface area (Å²) in [6.45, 7) is 3.98. The molecule has 232 valence electrons. The van der Waals surface area contributed by atoms with Crippen LogP contribution in [0.25, 0.3) is 0 Å². The van der Waals surface area contributed by atoms with Crippen LogP contribution in [-0.2, 0) is 19.6 Å². The van der Waals surface area contributed by atoms with Gasteiger partial charge in [0.1, 0.15) is 5.75 Å². The van der Waals surface area contributed by atoms with Crippen molar-refractivity contribution in [1.29, 1.82) is 0 Å². The molecule has 0 atom stereocenters. The molecule has 0 bridgehead atoms. The monoisotopic (exact) mass is 619 g/mol. The summed E-state index contributed by atoms with van der Waals surface area (Å²) in [4.78, 5) is 44.1. The summed E-state index contributed by atoms with van der Waals surface area (Å²) in [6, 6.07) is 21.2. The molecular formula is C32H37N5O6S. The number of nitrogens with zero attached hydrogens (tertiary/aromatic N) is 3. The van der Waals surface area contributed by atoms with Gasteiger partial charge in [0.05, 0.1) is 17.1 Å². The molecule has 2 N–H and O–H groups in total. The number of para-hydroxylation sites is 3. The number of nitrogens with one attached hydrogen (secondary N) is 2. The Labute approximate surface area is 257 Å². The van der Waals surface area contributed by atoms with Crippen LogP contribution in [0.4, 0.5) is 5.69 Å². The third kappa shape index (κ3) is 7.74. The van der Waals surface area contributed by atoms with E-state index in [1.54, 1.807) is 41.3 Å². The van der Waals surface area contributed by atoms with Gasteiger partial charge in [-0.25, -0.2) is 8.42 Å². The van der Waals surface area contributed by atoms with Gasteiger partial charge in [0.25, 0.3) is 15.9 Å². The minimum Gasteiger partial charge on any atom is -0.455 e. The number of piperazine rings is 1. The third-order valence-corrected chi connectivity index (χ3v) is 9.32. The molecule has 2 aliphatic heterocycles. The van der Waals surface area contributed by atoms with E-state index in [9.17, 15) is 22.8 Å². The quantitative estimate of drug-likeness (QED) is 0.377. The molecule has 2 fully saturated rings. The molecule has 0 unspecified atom stereocenters. The highest BCUT2D eigenvalue weighted by atomic mass is 32.2. The summed E-state index contributed by atoms with van der Waals surface area (Å²) < 4.78 is 34.6. The number of likely N-dealkylation sites (N-methyl/N-ethyl adjacent to an activating group) is 1. The number of anilines is 1. The van der Waals surface area contributed by atoms with Crippen molar-refractivity contribution < 1.29 is 27.5 Å². The number of carbonyl (C=O) groups excluding carboxylic acids is 3. The van der Waals surface area contributed by atoms with E-state index >= 15 is 0 Å². The molecule has 3 aromatic rings. The molecule has 2 aliphatic rings. The van der Waals surface area contributed by atoms with Crippen LogP contribution in [0, 0.1) is 5.92 Å². The van der Waals surface area contributed by atoms with Gasteiger partial charge in [0, 0.05) is 50.7 Å². The van der Waals surface area contributed by atoms with Crippen molar-refractivity contribution in [3.8, 4) is 11.5 Å². The number of piperidine rings is 1. The highest BCUT2D eigenvalue weighted by molar-refractivity contribution is 7.92. The fourth-order valence-electron chi connectivity index (χ4n) is 5.28. The first-order valence-corrected chi connectivity index (χ1v) is 16.2. The fourth-order valence-corrected chi connectivity index (χ4v) is 6.35. The van der Waals surface area contributed by atoms with Crippen LogP contribution >= 0.6 is 0 Å². The first-order chi connectivity index (χ1) is 21.2. The Morgan fingerprint density at radius 1 is 0.795 bits per heavy atom. The fraction of sp³-hybridized carbons (Fsp3) is 0.344. The van der Waals surface area contributed by atoms with Gasteiger partial charge in [-0.15, -0.1) is 0 Å². The summed E-state index contributed by atoms with van der Waals surface area (Å²) in [7, 11) is -1.93. The van der Waals surface area contributed by atoms with Gasteiger partial charge in [0.2, 0.25) is 11.8 Å². The standard InChI is InChI=1S/C32H37N5O6S/c1-35-19-21-37(22-20-35)32(40)25-15-17-36(18-16-25)30(38)23-33-31(39)24-11-13-27(14-12-24)44(41,42)34-28-9-5-6-10-29(28)43-26-7-3-2-4-8-26/h2-14,25,34H,15-23H2,1H3,(H,33,39). The molecule has 0 saturated carbocycles. The maximum atomic E-state index is 13.1. The molecule has 0 aromatic heterocycles. The van der Waals surface area contributed by atoms with E-state index in [0.29, 0.717) is 37.4 Å². The number of rotatable bonds is 9. The van der Waals surface area contributed by atoms with Crippen molar-refractivity contribution >= 4 is 33.4 Å². The normalized spacial score (nSPS) is 16.3. The molecule has 0 radical (unpaired) electrons. The van der Waals surface area contributed by atoms with Gasteiger partial charge in [-0.2, -0.15) is 0 Å². The number of sulfonamides is 1.